The summed E-state index contributed by atoms with van der Waals surface area (Å²) in [5.74, 6) is -1.64. The van der Waals surface area contributed by atoms with E-state index in [1.54, 1.807) is 0 Å². The third-order valence-corrected chi connectivity index (χ3v) is 9.33. The minimum atomic E-state index is -0.897. The second-order valence-electron chi connectivity index (χ2n) is 11.8. The topological polar surface area (TPSA) is 168 Å². The van der Waals surface area contributed by atoms with Crippen LogP contribution in [0.5, 0.6) is 0 Å². The molecule has 43 heavy (non-hydrogen) atoms. The summed E-state index contributed by atoms with van der Waals surface area (Å²) in [6.07, 6.45) is 5.93. The van der Waals surface area contributed by atoms with Gasteiger partial charge in [-0.2, -0.15) is 0 Å². The van der Waals surface area contributed by atoms with Crippen molar-refractivity contribution in [3.8, 4) is 0 Å². The maximum absolute atomic E-state index is 12.4. The first-order chi connectivity index (χ1) is 20.4. The van der Waals surface area contributed by atoms with Crippen LogP contribution in [0.15, 0.2) is 16.1 Å². The quantitative estimate of drug-likeness (QED) is 0.220. The number of rotatable bonds is 12. The lowest BCUT2D eigenvalue weighted by atomic mass is 9.88. The van der Waals surface area contributed by atoms with E-state index in [4.69, 9.17) is 0 Å². The zero-order valence-corrected chi connectivity index (χ0v) is 25.9. The first-order valence-electron chi connectivity index (χ1n) is 15.2. The summed E-state index contributed by atoms with van der Waals surface area (Å²) in [6, 6.07) is -0.0443. The summed E-state index contributed by atoms with van der Waals surface area (Å²) < 4.78 is 0. The highest BCUT2D eigenvalue weighted by Crippen LogP contribution is 2.30. The number of carboxylic acid groups (broad SMARTS) is 2. The molecule has 10 heteroatoms. The minimum Gasteiger partial charge on any atom is -0.481 e. The number of nitrogens with one attached hydrogen (secondary N) is 3. The highest BCUT2D eigenvalue weighted by molar-refractivity contribution is 6.19. The number of amides is 1. The van der Waals surface area contributed by atoms with Gasteiger partial charge in [-0.15, -0.1) is 0 Å². The van der Waals surface area contributed by atoms with Gasteiger partial charge in [0, 0.05) is 58.9 Å². The Hall–Kier alpha value is -3.76. The van der Waals surface area contributed by atoms with Crippen molar-refractivity contribution in [1.82, 2.24) is 15.3 Å². The molecule has 2 aromatic heterocycles. The summed E-state index contributed by atoms with van der Waals surface area (Å²) in [4.78, 5) is 46.7. The summed E-state index contributed by atoms with van der Waals surface area (Å²) in [5, 5.41) is 34.3. The van der Waals surface area contributed by atoms with Crippen LogP contribution in [0.2, 0.25) is 0 Å². The molecule has 0 radical (unpaired) electrons. The van der Waals surface area contributed by atoms with Gasteiger partial charge < -0.3 is 25.3 Å². The van der Waals surface area contributed by atoms with Crippen molar-refractivity contribution in [2.24, 2.45) is 16.8 Å². The fraction of sp³-hybridized carbons (Fsp3) is 0.515. The van der Waals surface area contributed by atoms with Crippen molar-refractivity contribution < 1.29 is 29.7 Å². The van der Waals surface area contributed by atoms with Crippen LogP contribution in [0.3, 0.4) is 0 Å². The van der Waals surface area contributed by atoms with Gasteiger partial charge in [0.15, 0.2) is 0 Å². The van der Waals surface area contributed by atoms with Crippen molar-refractivity contribution in [1.29, 1.82) is 0 Å². The molecule has 6 N–H and O–H groups in total. The molecule has 10 nitrogen and oxygen atoms in total. The molecule has 4 atom stereocenters. The number of aliphatic imine (C=N–C) groups is 1. The molecule has 1 amide bonds. The Morgan fingerprint density at radius 1 is 0.953 bits per heavy atom. The Morgan fingerprint density at radius 3 is 2.19 bits per heavy atom. The maximum atomic E-state index is 12.4. The van der Waals surface area contributed by atoms with Gasteiger partial charge in [-0.1, -0.05) is 27.2 Å². The highest BCUT2D eigenvalue weighted by Gasteiger charge is 2.37. The molecule has 1 fully saturated rings. The zero-order valence-electron chi connectivity index (χ0n) is 25.9. The number of aliphatic hydroxyl groups excluding tert-OH is 1. The molecule has 0 bridgehead atoms. The van der Waals surface area contributed by atoms with Crippen LogP contribution in [0.1, 0.15) is 87.0 Å². The van der Waals surface area contributed by atoms with E-state index in [2.05, 4.69) is 33.3 Å². The first-order valence-corrected chi connectivity index (χ1v) is 15.2. The molecule has 0 aliphatic carbocycles. The van der Waals surface area contributed by atoms with E-state index in [0.29, 0.717) is 31.4 Å². The Balaban J connectivity index is 1.84. The molecule has 2 aromatic rings. The zero-order chi connectivity index (χ0) is 31.6. The van der Waals surface area contributed by atoms with Crippen LogP contribution < -0.4 is 16.0 Å². The fourth-order valence-corrected chi connectivity index (χ4v) is 6.61. The molecular weight excluding hydrogens is 548 g/mol. The molecular formula is C33H44N4O6. The third-order valence-electron chi connectivity index (χ3n) is 9.33. The lowest BCUT2D eigenvalue weighted by Gasteiger charge is -2.17. The fourth-order valence-electron chi connectivity index (χ4n) is 6.61. The molecule has 232 valence electrons. The van der Waals surface area contributed by atoms with Crippen molar-refractivity contribution in [2.45, 2.75) is 98.8 Å². The number of carboxylic acids is 2. The van der Waals surface area contributed by atoms with Crippen LogP contribution in [-0.2, 0) is 33.6 Å². The van der Waals surface area contributed by atoms with Crippen LogP contribution >= 0.6 is 0 Å². The standard InChI is InChI=1S/C33H44N4O6/c1-7-20-19(6)32(42)37-27(20)14-25-18(5)23(10-12-31(40)41)29(35-25)15-28-22(9-11-30(38)39)17(4)24(34-28)13-26-16(3)21(8-2)33(43)36-26/h14-15,19-20,27,32,34-35,37,42H,7-13H2,1-6H3,(H,38,39)(H,40,41)/b25-14+,29-15-/t19-,20-,27?,32?/m1/s1. The van der Waals surface area contributed by atoms with Gasteiger partial charge in [-0.25, -0.2) is 4.99 Å². The summed E-state index contributed by atoms with van der Waals surface area (Å²) >= 11 is 0. The molecule has 2 unspecified atom stereocenters. The number of hydrogen-bond acceptors (Lipinski definition) is 5. The van der Waals surface area contributed by atoms with E-state index in [9.17, 15) is 29.7 Å². The molecule has 2 aliphatic heterocycles. The molecule has 4 heterocycles. The number of aliphatic carboxylic acids is 2. The van der Waals surface area contributed by atoms with Crippen molar-refractivity contribution in [3.05, 3.63) is 55.5 Å². The van der Waals surface area contributed by atoms with Crippen molar-refractivity contribution in [2.75, 3.05) is 0 Å². The molecule has 0 saturated carbocycles. The second kappa shape index (κ2) is 13.3. The van der Waals surface area contributed by atoms with Gasteiger partial charge in [0.05, 0.1) is 5.71 Å². The van der Waals surface area contributed by atoms with Crippen LogP contribution in [0.25, 0.3) is 12.2 Å². The number of carbonyl (C=O) groups excluding carboxylic acids is 1. The normalized spacial score (nSPS) is 23.1. The number of allylic oxidation sites excluding steroid dienone is 1. The highest BCUT2D eigenvalue weighted by atomic mass is 16.4. The Bertz CT molecular complexity index is 1610. The predicted octanol–water partition coefficient (Wildman–Crippen LogP) is 2.81. The largest absolute Gasteiger partial charge is 0.481 e. The Morgan fingerprint density at radius 2 is 1.60 bits per heavy atom. The van der Waals surface area contributed by atoms with E-state index < -0.39 is 18.2 Å². The summed E-state index contributed by atoms with van der Waals surface area (Å²) in [7, 11) is 0. The van der Waals surface area contributed by atoms with E-state index in [0.717, 1.165) is 61.9 Å². The third kappa shape index (κ3) is 6.75. The number of H-pyrrole nitrogens is 2. The smallest absolute Gasteiger partial charge is 0.303 e. The number of hydrogen-bond donors (Lipinski definition) is 6. The van der Waals surface area contributed by atoms with Gasteiger partial charge >= 0.3 is 11.9 Å². The van der Waals surface area contributed by atoms with E-state index in [1.807, 2.05) is 40.7 Å². The van der Waals surface area contributed by atoms with E-state index >= 15 is 0 Å². The lowest BCUT2D eigenvalue weighted by molar-refractivity contribution is -0.138. The lowest BCUT2D eigenvalue weighted by Crippen LogP contribution is -2.31. The molecule has 1 saturated heterocycles. The Kier molecular flexibility index (Phi) is 9.92. The first kappa shape index (κ1) is 32.2. The van der Waals surface area contributed by atoms with Gasteiger partial charge in [0.1, 0.15) is 6.23 Å². The number of aliphatic hydroxyl groups is 1. The van der Waals surface area contributed by atoms with Gasteiger partial charge in [0.2, 0.25) is 0 Å². The minimum absolute atomic E-state index is 0.0336. The summed E-state index contributed by atoms with van der Waals surface area (Å²) in [6.45, 7) is 11.9. The molecule has 0 spiro atoms. The SMILES string of the molecule is CCC1=C(C)C(Cc2[nH]c(/C=c3\[nH]/c(=C/C4NC(O)[C@H](C)[C@H]4CC)c(C)c3CCC(=O)O)c(CCC(=O)O)c2C)=NC1=O. The van der Waals surface area contributed by atoms with Gasteiger partial charge in [0.25, 0.3) is 5.91 Å². The Labute approximate surface area is 251 Å². The average molecular weight is 593 g/mol. The molecule has 0 aromatic carbocycles. The molecule has 4 rings (SSSR count). The monoisotopic (exact) mass is 592 g/mol. The number of nitrogens with zero attached hydrogens (tertiary/aromatic N) is 1. The van der Waals surface area contributed by atoms with E-state index in [1.165, 1.54) is 0 Å². The number of aromatic nitrogens is 2. The van der Waals surface area contributed by atoms with E-state index in [-0.39, 0.29) is 36.6 Å². The second-order valence-corrected chi connectivity index (χ2v) is 11.8. The average Bonchev–Trinajstić information content (AvgIpc) is 3.59. The number of aromatic amines is 2. The van der Waals surface area contributed by atoms with Crippen LogP contribution in [0.4, 0.5) is 0 Å². The van der Waals surface area contributed by atoms with Crippen LogP contribution in [-0.4, -0.2) is 61.1 Å². The molecule has 2 aliphatic rings. The van der Waals surface area contributed by atoms with Crippen molar-refractivity contribution >= 4 is 35.7 Å². The predicted molar refractivity (Wildman–Crippen MR) is 165 cm³/mol. The van der Waals surface area contributed by atoms with Gasteiger partial charge in [-0.05, 0) is 85.9 Å². The van der Waals surface area contributed by atoms with Crippen molar-refractivity contribution in [3.63, 3.8) is 0 Å². The number of carbonyl (C=O) groups is 3. The maximum Gasteiger partial charge on any atom is 0.303 e. The summed E-state index contributed by atoms with van der Waals surface area (Å²) in [5.41, 5.74) is 7.53. The van der Waals surface area contributed by atoms with Crippen LogP contribution in [0, 0.1) is 25.7 Å². The van der Waals surface area contributed by atoms with Gasteiger partial charge in [-0.3, -0.25) is 19.7 Å².